The minimum atomic E-state index is -0.227. The summed E-state index contributed by atoms with van der Waals surface area (Å²) < 4.78 is 19.3. The summed E-state index contributed by atoms with van der Waals surface area (Å²) in [5.74, 6) is 1.05. The Morgan fingerprint density at radius 3 is 2.84 bits per heavy atom. The van der Waals surface area contributed by atoms with Crippen molar-refractivity contribution in [3.8, 4) is 16.9 Å². The molecule has 0 unspecified atom stereocenters. The quantitative estimate of drug-likeness (QED) is 0.739. The van der Waals surface area contributed by atoms with Gasteiger partial charge in [-0.1, -0.05) is 24.3 Å². The number of aromatic nitrogens is 1. The third kappa shape index (κ3) is 3.48. The molecule has 3 nitrogen and oxygen atoms in total. The monoisotopic (exact) mass is 334 g/mol. The lowest BCUT2D eigenvalue weighted by Crippen LogP contribution is -2.20. The zero-order chi connectivity index (χ0) is 17.1. The smallest absolute Gasteiger partial charge is 0.123 e. The first-order chi connectivity index (χ1) is 12.3. The minimum absolute atomic E-state index is 0.227. The molecule has 0 aliphatic carbocycles. The van der Waals surface area contributed by atoms with Crippen LogP contribution in [-0.2, 0) is 0 Å². The number of hydrogen-bond acceptors (Lipinski definition) is 3. The molecule has 1 aromatic heterocycles. The van der Waals surface area contributed by atoms with Crippen LogP contribution in [0.3, 0.4) is 0 Å². The van der Waals surface area contributed by atoms with Gasteiger partial charge in [0, 0.05) is 24.9 Å². The lowest BCUT2D eigenvalue weighted by atomic mass is 9.91. The number of fused-ring (bicyclic) bond motifs is 1. The second kappa shape index (κ2) is 6.93. The van der Waals surface area contributed by atoms with Gasteiger partial charge in [0.2, 0.25) is 0 Å². The molecule has 2 heterocycles. The van der Waals surface area contributed by atoms with E-state index in [2.05, 4.69) is 16.4 Å². The fraction of sp³-hybridized carbons (Fsp3) is 0.190. The van der Waals surface area contributed by atoms with Crippen LogP contribution in [0.1, 0.15) is 17.9 Å². The highest BCUT2D eigenvalue weighted by molar-refractivity contribution is 5.66. The Morgan fingerprint density at radius 2 is 2.00 bits per heavy atom. The molecule has 0 amide bonds. The summed E-state index contributed by atoms with van der Waals surface area (Å²) in [6.07, 6.45) is 4.57. The number of ether oxygens (including phenoxy) is 1. The van der Waals surface area contributed by atoms with E-state index in [1.165, 1.54) is 11.6 Å². The fourth-order valence-electron chi connectivity index (χ4n) is 3.23. The molecule has 0 spiro atoms. The average molecular weight is 334 g/mol. The maximum absolute atomic E-state index is 13.5. The predicted molar refractivity (Wildman–Crippen MR) is 97.4 cm³/mol. The molecular formula is C21H19FN2O. The highest BCUT2D eigenvalue weighted by Gasteiger charge is 2.22. The molecule has 126 valence electrons. The third-order valence-corrected chi connectivity index (χ3v) is 4.55. The van der Waals surface area contributed by atoms with Crippen LogP contribution >= 0.6 is 0 Å². The zero-order valence-corrected chi connectivity index (χ0v) is 13.8. The first-order valence-corrected chi connectivity index (χ1v) is 8.46. The van der Waals surface area contributed by atoms with E-state index in [0.29, 0.717) is 12.5 Å². The van der Waals surface area contributed by atoms with Crippen LogP contribution in [-0.4, -0.2) is 18.1 Å². The Labute approximate surface area is 146 Å². The van der Waals surface area contributed by atoms with E-state index in [1.807, 2.05) is 36.5 Å². The van der Waals surface area contributed by atoms with Gasteiger partial charge in [0.05, 0.1) is 12.3 Å². The van der Waals surface area contributed by atoms with Gasteiger partial charge in [-0.05, 0) is 53.4 Å². The van der Waals surface area contributed by atoms with Crippen LogP contribution in [0, 0.1) is 5.82 Å². The Hall–Kier alpha value is -2.88. The Bertz CT molecular complexity index is 867. The van der Waals surface area contributed by atoms with E-state index in [4.69, 9.17) is 4.74 Å². The molecule has 4 rings (SSSR count). The minimum Gasteiger partial charge on any atom is -0.493 e. The van der Waals surface area contributed by atoms with E-state index in [-0.39, 0.29) is 5.82 Å². The van der Waals surface area contributed by atoms with Gasteiger partial charge in [0.1, 0.15) is 11.6 Å². The first kappa shape index (κ1) is 15.6. The number of hydrogen-bond donors (Lipinski definition) is 1. The van der Waals surface area contributed by atoms with Crippen molar-refractivity contribution in [3.05, 3.63) is 78.4 Å². The van der Waals surface area contributed by atoms with E-state index >= 15 is 0 Å². The molecule has 0 saturated carbocycles. The molecule has 1 aliphatic rings. The molecule has 1 N–H and O–H groups in total. The van der Waals surface area contributed by atoms with Crippen molar-refractivity contribution in [2.75, 3.05) is 18.5 Å². The number of rotatable bonds is 4. The molecule has 3 aromatic rings. The van der Waals surface area contributed by atoms with Gasteiger partial charge in [-0.3, -0.25) is 4.98 Å². The second-order valence-corrected chi connectivity index (χ2v) is 6.22. The largest absolute Gasteiger partial charge is 0.493 e. The van der Waals surface area contributed by atoms with Crippen LogP contribution in [0.2, 0.25) is 0 Å². The van der Waals surface area contributed by atoms with Gasteiger partial charge >= 0.3 is 0 Å². The molecule has 0 saturated heterocycles. The van der Waals surface area contributed by atoms with Gasteiger partial charge in [-0.25, -0.2) is 4.39 Å². The number of halogens is 1. The maximum Gasteiger partial charge on any atom is 0.123 e. The molecule has 1 atom stereocenters. The van der Waals surface area contributed by atoms with Gasteiger partial charge in [0.15, 0.2) is 0 Å². The summed E-state index contributed by atoms with van der Waals surface area (Å²) in [5.41, 5.74) is 4.05. The van der Waals surface area contributed by atoms with E-state index < -0.39 is 0 Å². The standard InChI is InChI=1S/C21H19FN2O/c22-18-4-1-3-15(11-18)16-6-7-20-17(8-10-25-21(20)12-16)13-24-19-5-2-9-23-14-19/h1-7,9,11-12,14,17,24H,8,10,13H2/t17-/m0/s1. The summed E-state index contributed by atoms with van der Waals surface area (Å²) in [4.78, 5) is 4.13. The van der Waals surface area contributed by atoms with Crippen molar-refractivity contribution >= 4 is 5.69 Å². The zero-order valence-electron chi connectivity index (χ0n) is 13.8. The Balaban J connectivity index is 1.56. The van der Waals surface area contributed by atoms with Crippen LogP contribution in [0.4, 0.5) is 10.1 Å². The first-order valence-electron chi connectivity index (χ1n) is 8.46. The van der Waals surface area contributed by atoms with Crippen molar-refractivity contribution in [1.29, 1.82) is 0 Å². The topological polar surface area (TPSA) is 34.1 Å². The van der Waals surface area contributed by atoms with Crippen LogP contribution in [0.25, 0.3) is 11.1 Å². The highest BCUT2D eigenvalue weighted by atomic mass is 19.1. The molecule has 0 radical (unpaired) electrons. The summed E-state index contributed by atoms with van der Waals surface area (Å²) in [5, 5.41) is 3.44. The Kier molecular flexibility index (Phi) is 4.34. The van der Waals surface area contributed by atoms with E-state index in [9.17, 15) is 4.39 Å². The Morgan fingerprint density at radius 1 is 1.08 bits per heavy atom. The van der Waals surface area contributed by atoms with Crippen molar-refractivity contribution < 1.29 is 9.13 Å². The normalized spacial score (nSPS) is 16.0. The number of anilines is 1. The molecule has 4 heteroatoms. The van der Waals surface area contributed by atoms with Gasteiger partial charge in [0.25, 0.3) is 0 Å². The van der Waals surface area contributed by atoms with Crippen molar-refractivity contribution in [2.45, 2.75) is 12.3 Å². The van der Waals surface area contributed by atoms with E-state index in [0.717, 1.165) is 35.5 Å². The summed E-state index contributed by atoms with van der Waals surface area (Å²) in [7, 11) is 0. The summed E-state index contributed by atoms with van der Waals surface area (Å²) in [6.45, 7) is 1.53. The SMILES string of the molecule is Fc1cccc(-c2ccc3c(c2)OCC[C@H]3CNc2cccnc2)c1. The summed E-state index contributed by atoms with van der Waals surface area (Å²) >= 11 is 0. The average Bonchev–Trinajstić information content (AvgIpc) is 2.66. The molecule has 1 aliphatic heterocycles. The van der Waals surface area contributed by atoms with Gasteiger partial charge in [-0.15, -0.1) is 0 Å². The van der Waals surface area contributed by atoms with Crippen LogP contribution < -0.4 is 10.1 Å². The lowest BCUT2D eigenvalue weighted by molar-refractivity contribution is 0.270. The van der Waals surface area contributed by atoms with Crippen LogP contribution in [0.15, 0.2) is 67.0 Å². The molecule has 0 fully saturated rings. The molecule has 2 aromatic carbocycles. The van der Waals surface area contributed by atoms with Gasteiger partial charge in [-0.2, -0.15) is 0 Å². The number of nitrogens with zero attached hydrogens (tertiary/aromatic N) is 1. The molecule has 0 bridgehead atoms. The van der Waals surface area contributed by atoms with E-state index in [1.54, 1.807) is 18.3 Å². The fourth-order valence-corrected chi connectivity index (χ4v) is 3.23. The third-order valence-electron chi connectivity index (χ3n) is 4.55. The van der Waals surface area contributed by atoms with Crippen LogP contribution in [0.5, 0.6) is 5.75 Å². The molecule has 25 heavy (non-hydrogen) atoms. The maximum atomic E-state index is 13.5. The van der Waals surface area contributed by atoms with Crippen molar-refractivity contribution in [1.82, 2.24) is 4.98 Å². The second-order valence-electron chi connectivity index (χ2n) is 6.22. The predicted octanol–water partition coefficient (Wildman–Crippen LogP) is 4.87. The number of nitrogens with one attached hydrogen (secondary N) is 1. The highest BCUT2D eigenvalue weighted by Crippen LogP contribution is 2.37. The summed E-state index contributed by atoms with van der Waals surface area (Å²) in [6, 6.07) is 16.7. The number of pyridine rings is 1. The van der Waals surface area contributed by atoms with Crippen molar-refractivity contribution in [3.63, 3.8) is 0 Å². The lowest BCUT2D eigenvalue weighted by Gasteiger charge is -2.27. The molecular weight excluding hydrogens is 315 g/mol. The number of benzene rings is 2. The van der Waals surface area contributed by atoms with Crippen molar-refractivity contribution in [2.24, 2.45) is 0 Å². The van der Waals surface area contributed by atoms with Gasteiger partial charge < -0.3 is 10.1 Å².